The number of nitrogens with two attached hydrogens (primary N) is 1. The van der Waals surface area contributed by atoms with Crippen molar-refractivity contribution in [2.45, 2.75) is 17.4 Å². The molecule has 0 aliphatic carbocycles. The number of ether oxygens (including phenoxy) is 1. The molecule has 0 unspecified atom stereocenters. The van der Waals surface area contributed by atoms with Crippen molar-refractivity contribution >= 4 is 22.6 Å². The molecule has 0 saturated carbocycles. The van der Waals surface area contributed by atoms with E-state index < -0.39 is 28.7 Å². The van der Waals surface area contributed by atoms with Gasteiger partial charge in [-0.05, 0) is 18.6 Å². The minimum Gasteiger partial charge on any atom is -0.375 e. The van der Waals surface area contributed by atoms with Gasteiger partial charge in [0.15, 0.2) is 0 Å². The van der Waals surface area contributed by atoms with E-state index in [1.165, 1.54) is 7.11 Å². The maximum Gasteiger partial charge on any atom is 0.246 e. The minimum atomic E-state index is -1.23. The molecule has 20 heavy (non-hydrogen) atoms. The first-order chi connectivity index (χ1) is 9.54. The zero-order valence-corrected chi connectivity index (χ0v) is 12.0. The maximum atomic E-state index is 12.0. The SMILES string of the molecule is COCC(=O)N[C@@H](CC[S@](=O)c1ccccc1)C(N)=O. The summed E-state index contributed by atoms with van der Waals surface area (Å²) in [7, 11) is 0.149. The van der Waals surface area contributed by atoms with E-state index >= 15 is 0 Å². The van der Waals surface area contributed by atoms with Crippen LogP contribution in [0.4, 0.5) is 0 Å². The van der Waals surface area contributed by atoms with Crippen molar-refractivity contribution in [2.24, 2.45) is 5.73 Å². The maximum absolute atomic E-state index is 12.0. The Bertz CT molecular complexity index is 479. The molecule has 2 amide bonds. The second kappa shape index (κ2) is 8.44. The van der Waals surface area contributed by atoms with Crippen molar-refractivity contribution in [3.8, 4) is 0 Å². The van der Waals surface area contributed by atoms with E-state index in [4.69, 9.17) is 5.73 Å². The Morgan fingerprint density at radius 1 is 1.35 bits per heavy atom. The van der Waals surface area contributed by atoms with Crippen LogP contribution in [0.2, 0.25) is 0 Å². The molecule has 1 aromatic carbocycles. The Morgan fingerprint density at radius 2 is 2.00 bits per heavy atom. The van der Waals surface area contributed by atoms with Crippen LogP contribution in [0.3, 0.4) is 0 Å². The fraction of sp³-hybridized carbons (Fsp3) is 0.385. The zero-order chi connectivity index (χ0) is 15.0. The quantitative estimate of drug-likeness (QED) is 0.694. The molecule has 2 atom stereocenters. The number of benzene rings is 1. The Morgan fingerprint density at radius 3 is 2.55 bits per heavy atom. The average Bonchev–Trinajstić information content (AvgIpc) is 2.44. The van der Waals surface area contributed by atoms with Crippen molar-refractivity contribution < 1.29 is 18.5 Å². The number of amides is 2. The van der Waals surface area contributed by atoms with E-state index in [0.717, 1.165) is 0 Å². The van der Waals surface area contributed by atoms with Gasteiger partial charge in [-0.15, -0.1) is 0 Å². The lowest BCUT2D eigenvalue weighted by Crippen LogP contribution is -2.46. The van der Waals surface area contributed by atoms with Gasteiger partial charge in [-0.1, -0.05) is 18.2 Å². The van der Waals surface area contributed by atoms with Gasteiger partial charge in [-0.3, -0.25) is 13.8 Å². The summed E-state index contributed by atoms with van der Waals surface area (Å²) in [6, 6.07) is 8.07. The lowest BCUT2D eigenvalue weighted by molar-refractivity contribution is -0.129. The molecule has 0 bridgehead atoms. The molecule has 7 heteroatoms. The molecular weight excluding hydrogens is 280 g/mol. The molecule has 3 N–H and O–H groups in total. The summed E-state index contributed by atoms with van der Waals surface area (Å²) in [5.74, 6) is -0.841. The molecular formula is C13H18N2O4S. The lowest BCUT2D eigenvalue weighted by Gasteiger charge is -2.14. The average molecular weight is 298 g/mol. The third kappa shape index (κ3) is 5.50. The number of hydrogen-bond donors (Lipinski definition) is 2. The third-order valence-electron chi connectivity index (χ3n) is 2.55. The van der Waals surface area contributed by atoms with Gasteiger partial charge in [0, 0.05) is 17.8 Å². The van der Waals surface area contributed by atoms with Crippen LogP contribution in [-0.4, -0.2) is 41.5 Å². The molecule has 0 aliphatic heterocycles. The molecule has 0 spiro atoms. The number of carbonyl (C=O) groups excluding carboxylic acids is 2. The minimum absolute atomic E-state index is 0.147. The summed E-state index contributed by atoms with van der Waals surface area (Å²) >= 11 is 0. The highest BCUT2D eigenvalue weighted by atomic mass is 32.2. The predicted molar refractivity (Wildman–Crippen MR) is 75.3 cm³/mol. The fourth-order valence-electron chi connectivity index (χ4n) is 1.57. The second-order valence-corrected chi connectivity index (χ2v) is 5.68. The molecule has 0 saturated heterocycles. The standard InChI is InChI=1S/C13H18N2O4S/c1-19-9-12(16)15-11(13(14)17)7-8-20(18)10-5-3-2-4-6-10/h2-6,11H,7-9H2,1H3,(H2,14,17)(H,15,16)/t11-,20-/m0/s1. The number of rotatable bonds is 8. The number of hydrogen-bond acceptors (Lipinski definition) is 4. The molecule has 0 fully saturated rings. The Hall–Kier alpha value is -1.73. The first-order valence-corrected chi connectivity index (χ1v) is 7.37. The van der Waals surface area contributed by atoms with E-state index in [1.807, 2.05) is 6.07 Å². The van der Waals surface area contributed by atoms with Crippen LogP contribution in [0, 0.1) is 0 Å². The molecule has 1 rings (SSSR count). The summed E-state index contributed by atoms with van der Waals surface area (Å²) in [5, 5.41) is 2.45. The summed E-state index contributed by atoms with van der Waals surface area (Å²) in [4.78, 5) is 23.3. The first-order valence-electron chi connectivity index (χ1n) is 6.05. The highest BCUT2D eigenvalue weighted by molar-refractivity contribution is 7.85. The summed E-state index contributed by atoms with van der Waals surface area (Å²) in [6.07, 6.45) is 0.215. The van der Waals surface area contributed by atoms with Crippen LogP contribution < -0.4 is 11.1 Å². The van der Waals surface area contributed by atoms with Crippen molar-refractivity contribution in [3.63, 3.8) is 0 Å². The number of nitrogens with one attached hydrogen (secondary N) is 1. The van der Waals surface area contributed by atoms with Crippen LogP contribution in [0.25, 0.3) is 0 Å². The van der Waals surface area contributed by atoms with Gasteiger partial charge >= 0.3 is 0 Å². The lowest BCUT2D eigenvalue weighted by atomic mass is 10.2. The zero-order valence-electron chi connectivity index (χ0n) is 11.2. The summed E-state index contributed by atoms with van der Waals surface area (Å²) in [6.45, 7) is -0.147. The van der Waals surface area contributed by atoms with Crippen LogP contribution in [0.15, 0.2) is 35.2 Å². The van der Waals surface area contributed by atoms with Crippen molar-refractivity contribution in [2.75, 3.05) is 19.5 Å². The summed E-state index contributed by atoms with van der Waals surface area (Å²) in [5.41, 5.74) is 5.21. The molecule has 6 nitrogen and oxygen atoms in total. The fourth-order valence-corrected chi connectivity index (χ4v) is 2.71. The Labute approximate surface area is 120 Å². The summed E-state index contributed by atoms with van der Waals surface area (Å²) < 4.78 is 16.7. The van der Waals surface area contributed by atoms with Crippen molar-refractivity contribution in [1.82, 2.24) is 5.32 Å². The number of methoxy groups -OCH3 is 1. The van der Waals surface area contributed by atoms with Gasteiger partial charge in [-0.25, -0.2) is 0 Å². The Kier molecular flexibility index (Phi) is 6.89. The number of primary amides is 1. The van der Waals surface area contributed by atoms with Crippen molar-refractivity contribution in [1.29, 1.82) is 0 Å². The second-order valence-electron chi connectivity index (χ2n) is 4.11. The van der Waals surface area contributed by atoms with E-state index in [1.54, 1.807) is 24.3 Å². The normalized spacial score (nSPS) is 13.4. The van der Waals surface area contributed by atoms with Gasteiger partial charge in [-0.2, -0.15) is 0 Å². The predicted octanol–water partition coefficient (Wildman–Crippen LogP) is -0.199. The largest absolute Gasteiger partial charge is 0.375 e. The van der Waals surface area contributed by atoms with Gasteiger partial charge in [0.2, 0.25) is 11.8 Å². The monoisotopic (exact) mass is 298 g/mol. The van der Waals surface area contributed by atoms with Gasteiger partial charge in [0.1, 0.15) is 12.6 Å². The topological polar surface area (TPSA) is 98.5 Å². The Balaban J connectivity index is 2.53. The molecule has 1 aromatic rings. The third-order valence-corrected chi connectivity index (χ3v) is 3.96. The van der Waals surface area contributed by atoms with Crippen LogP contribution in [0.1, 0.15) is 6.42 Å². The van der Waals surface area contributed by atoms with Crippen LogP contribution in [-0.2, 0) is 25.1 Å². The molecule has 0 aromatic heterocycles. The highest BCUT2D eigenvalue weighted by Gasteiger charge is 2.19. The van der Waals surface area contributed by atoms with Gasteiger partial charge in [0.05, 0.1) is 10.8 Å². The highest BCUT2D eigenvalue weighted by Crippen LogP contribution is 2.07. The van der Waals surface area contributed by atoms with E-state index in [-0.39, 0.29) is 18.8 Å². The van der Waals surface area contributed by atoms with Gasteiger partial charge in [0.25, 0.3) is 0 Å². The molecule has 110 valence electrons. The van der Waals surface area contributed by atoms with Gasteiger partial charge < -0.3 is 15.8 Å². The van der Waals surface area contributed by atoms with Crippen molar-refractivity contribution in [3.05, 3.63) is 30.3 Å². The molecule has 0 radical (unpaired) electrons. The van der Waals surface area contributed by atoms with E-state index in [9.17, 15) is 13.8 Å². The van der Waals surface area contributed by atoms with E-state index in [0.29, 0.717) is 4.90 Å². The molecule has 0 aliphatic rings. The van der Waals surface area contributed by atoms with E-state index in [2.05, 4.69) is 10.1 Å². The molecule has 0 heterocycles. The number of carbonyl (C=O) groups is 2. The first kappa shape index (κ1) is 16.3. The van der Waals surface area contributed by atoms with Crippen LogP contribution >= 0.6 is 0 Å². The van der Waals surface area contributed by atoms with Crippen LogP contribution in [0.5, 0.6) is 0 Å². The smallest absolute Gasteiger partial charge is 0.246 e.